The summed E-state index contributed by atoms with van der Waals surface area (Å²) in [6, 6.07) is 0. The van der Waals surface area contributed by atoms with Gasteiger partial charge in [-0.15, -0.1) is 0 Å². The Morgan fingerprint density at radius 3 is 2.27 bits per heavy atom. The molecule has 142 valence electrons. The van der Waals surface area contributed by atoms with E-state index in [4.69, 9.17) is 4.74 Å². The zero-order valence-corrected chi connectivity index (χ0v) is 15.2. The van der Waals surface area contributed by atoms with Gasteiger partial charge in [-0.1, -0.05) is 0 Å². The minimum atomic E-state index is -0.0898. The van der Waals surface area contributed by atoms with Crippen LogP contribution in [0.1, 0.15) is 17.3 Å². The fourth-order valence-corrected chi connectivity index (χ4v) is 3.09. The van der Waals surface area contributed by atoms with Gasteiger partial charge in [0.25, 0.3) is 5.91 Å². The molecule has 1 aromatic rings. The third-order valence-electron chi connectivity index (χ3n) is 4.73. The average Bonchev–Trinajstić information content (AvgIpc) is 2.69. The molecule has 2 saturated heterocycles. The van der Waals surface area contributed by atoms with E-state index < -0.39 is 0 Å². The second kappa shape index (κ2) is 8.91. The van der Waals surface area contributed by atoms with E-state index in [0.717, 1.165) is 39.4 Å². The first kappa shape index (κ1) is 18.5. The van der Waals surface area contributed by atoms with E-state index in [9.17, 15) is 9.59 Å². The van der Waals surface area contributed by atoms with Crippen molar-refractivity contribution >= 4 is 17.8 Å². The van der Waals surface area contributed by atoms with Gasteiger partial charge in [-0.25, -0.2) is 9.97 Å². The van der Waals surface area contributed by atoms with Crippen LogP contribution < -0.4 is 5.32 Å². The van der Waals surface area contributed by atoms with E-state index in [0.29, 0.717) is 37.7 Å². The number of rotatable bonds is 5. The predicted octanol–water partition coefficient (Wildman–Crippen LogP) is -0.475. The van der Waals surface area contributed by atoms with E-state index in [-0.39, 0.29) is 11.8 Å². The SMILES string of the molecule is CC(=O)N1CCN(C(=O)c2cnc(NCCN3CCOCC3)nc2)CC1. The van der Waals surface area contributed by atoms with Gasteiger partial charge in [0.1, 0.15) is 0 Å². The highest BCUT2D eigenvalue weighted by atomic mass is 16.5. The van der Waals surface area contributed by atoms with Gasteiger partial charge in [-0.05, 0) is 0 Å². The molecule has 26 heavy (non-hydrogen) atoms. The molecule has 9 heteroatoms. The summed E-state index contributed by atoms with van der Waals surface area (Å²) in [6.45, 7) is 8.91. The van der Waals surface area contributed by atoms with Crippen LogP contribution in [0.3, 0.4) is 0 Å². The summed E-state index contributed by atoms with van der Waals surface area (Å²) in [5.41, 5.74) is 0.472. The first-order valence-corrected chi connectivity index (χ1v) is 9.04. The number of carbonyl (C=O) groups excluding carboxylic acids is 2. The maximum atomic E-state index is 12.5. The molecule has 0 spiro atoms. The van der Waals surface area contributed by atoms with Gasteiger partial charge in [-0.3, -0.25) is 14.5 Å². The van der Waals surface area contributed by atoms with Gasteiger partial charge in [0.15, 0.2) is 0 Å². The van der Waals surface area contributed by atoms with Crippen LogP contribution in [0.4, 0.5) is 5.95 Å². The summed E-state index contributed by atoms with van der Waals surface area (Å²) >= 11 is 0. The molecule has 2 aliphatic rings. The second-order valence-corrected chi connectivity index (χ2v) is 6.47. The van der Waals surface area contributed by atoms with Crippen LogP contribution >= 0.6 is 0 Å². The Labute approximate surface area is 153 Å². The molecule has 1 aromatic heterocycles. The monoisotopic (exact) mass is 362 g/mol. The molecule has 2 aliphatic heterocycles. The Morgan fingerprint density at radius 2 is 1.65 bits per heavy atom. The molecule has 2 amide bonds. The summed E-state index contributed by atoms with van der Waals surface area (Å²) in [5.74, 6) is 0.484. The van der Waals surface area contributed by atoms with Crippen LogP contribution in [0.2, 0.25) is 0 Å². The van der Waals surface area contributed by atoms with Crippen molar-refractivity contribution in [2.45, 2.75) is 6.92 Å². The van der Waals surface area contributed by atoms with Crippen LogP contribution in [-0.2, 0) is 9.53 Å². The maximum Gasteiger partial charge on any atom is 0.257 e. The molecule has 1 N–H and O–H groups in total. The van der Waals surface area contributed by atoms with Crippen molar-refractivity contribution in [2.24, 2.45) is 0 Å². The molecule has 3 rings (SSSR count). The molecule has 0 radical (unpaired) electrons. The lowest BCUT2D eigenvalue weighted by Gasteiger charge is -2.34. The zero-order valence-electron chi connectivity index (χ0n) is 15.2. The van der Waals surface area contributed by atoms with Gasteiger partial charge >= 0.3 is 0 Å². The molecule has 0 saturated carbocycles. The van der Waals surface area contributed by atoms with Crippen molar-refractivity contribution in [3.05, 3.63) is 18.0 Å². The first-order valence-electron chi connectivity index (χ1n) is 9.04. The Hall–Kier alpha value is -2.26. The molecule has 0 atom stereocenters. The molecule has 9 nitrogen and oxygen atoms in total. The number of morpholine rings is 1. The molecular weight excluding hydrogens is 336 g/mol. The number of amides is 2. The molecule has 0 unspecified atom stereocenters. The van der Waals surface area contributed by atoms with Gasteiger partial charge < -0.3 is 19.9 Å². The Morgan fingerprint density at radius 1 is 1.04 bits per heavy atom. The predicted molar refractivity (Wildman–Crippen MR) is 95.9 cm³/mol. The number of piperazine rings is 1. The Kier molecular flexibility index (Phi) is 6.35. The van der Waals surface area contributed by atoms with Crippen LogP contribution in [-0.4, -0.2) is 102 Å². The molecule has 0 aromatic carbocycles. The number of nitrogens with zero attached hydrogens (tertiary/aromatic N) is 5. The minimum absolute atomic E-state index is 0.0490. The van der Waals surface area contributed by atoms with Gasteiger partial charge in [0, 0.05) is 71.7 Å². The number of hydrogen-bond acceptors (Lipinski definition) is 7. The molecular formula is C17H26N6O3. The second-order valence-electron chi connectivity index (χ2n) is 6.47. The van der Waals surface area contributed by atoms with E-state index in [1.807, 2.05) is 0 Å². The summed E-state index contributed by atoms with van der Waals surface area (Å²) in [7, 11) is 0. The average molecular weight is 362 g/mol. The fraction of sp³-hybridized carbons (Fsp3) is 0.647. The van der Waals surface area contributed by atoms with E-state index in [2.05, 4.69) is 20.2 Å². The van der Waals surface area contributed by atoms with Gasteiger partial charge in [0.2, 0.25) is 11.9 Å². The summed E-state index contributed by atoms with van der Waals surface area (Å²) in [4.78, 5) is 38.2. The van der Waals surface area contributed by atoms with Crippen molar-refractivity contribution < 1.29 is 14.3 Å². The lowest BCUT2D eigenvalue weighted by molar-refractivity contribution is -0.130. The van der Waals surface area contributed by atoms with Crippen molar-refractivity contribution in [3.63, 3.8) is 0 Å². The van der Waals surface area contributed by atoms with Crippen LogP contribution in [0.25, 0.3) is 0 Å². The quantitative estimate of drug-likeness (QED) is 0.757. The largest absolute Gasteiger partial charge is 0.379 e. The Balaban J connectivity index is 1.44. The summed E-state index contributed by atoms with van der Waals surface area (Å²) < 4.78 is 5.33. The van der Waals surface area contributed by atoms with Gasteiger partial charge in [0.05, 0.1) is 18.8 Å². The molecule has 0 aliphatic carbocycles. The first-order chi connectivity index (χ1) is 12.6. The van der Waals surface area contributed by atoms with Crippen molar-refractivity contribution in [1.82, 2.24) is 24.7 Å². The summed E-state index contributed by atoms with van der Waals surface area (Å²) in [6.07, 6.45) is 3.12. The maximum absolute atomic E-state index is 12.5. The normalized spacial score (nSPS) is 18.7. The number of nitrogens with one attached hydrogen (secondary N) is 1. The zero-order chi connectivity index (χ0) is 18.4. The van der Waals surface area contributed by atoms with E-state index in [1.54, 1.807) is 29.1 Å². The number of hydrogen-bond donors (Lipinski definition) is 1. The number of anilines is 1. The highest BCUT2D eigenvalue weighted by Gasteiger charge is 2.23. The van der Waals surface area contributed by atoms with Crippen molar-refractivity contribution in [2.75, 3.05) is 70.9 Å². The third-order valence-corrected chi connectivity index (χ3v) is 4.73. The molecule has 2 fully saturated rings. The highest BCUT2D eigenvalue weighted by molar-refractivity contribution is 5.93. The van der Waals surface area contributed by atoms with Crippen molar-refractivity contribution in [1.29, 1.82) is 0 Å². The molecule has 3 heterocycles. The fourth-order valence-electron chi connectivity index (χ4n) is 3.09. The Bertz CT molecular complexity index is 609. The lowest BCUT2D eigenvalue weighted by Crippen LogP contribution is -2.50. The number of aromatic nitrogens is 2. The topological polar surface area (TPSA) is 90.9 Å². The van der Waals surface area contributed by atoms with Crippen LogP contribution in [0.15, 0.2) is 12.4 Å². The van der Waals surface area contributed by atoms with E-state index >= 15 is 0 Å². The van der Waals surface area contributed by atoms with Gasteiger partial charge in [-0.2, -0.15) is 0 Å². The highest BCUT2D eigenvalue weighted by Crippen LogP contribution is 2.09. The minimum Gasteiger partial charge on any atom is -0.379 e. The number of carbonyl (C=O) groups is 2. The summed E-state index contributed by atoms with van der Waals surface area (Å²) in [5, 5.41) is 3.18. The smallest absolute Gasteiger partial charge is 0.257 e. The molecule has 0 bridgehead atoms. The van der Waals surface area contributed by atoms with Crippen LogP contribution in [0, 0.1) is 0 Å². The van der Waals surface area contributed by atoms with E-state index in [1.165, 1.54) is 0 Å². The number of ether oxygens (including phenoxy) is 1. The van der Waals surface area contributed by atoms with Crippen LogP contribution in [0.5, 0.6) is 0 Å². The standard InChI is InChI=1S/C17H26N6O3/c1-14(24)22-4-6-23(7-5-22)16(25)15-12-19-17(20-13-15)18-2-3-21-8-10-26-11-9-21/h12-13H,2-11H2,1H3,(H,18,19,20). The van der Waals surface area contributed by atoms with Crippen molar-refractivity contribution in [3.8, 4) is 0 Å². The third kappa shape index (κ3) is 4.89. The lowest BCUT2D eigenvalue weighted by atomic mass is 10.2.